The monoisotopic (exact) mass is 560 g/mol. The van der Waals surface area contributed by atoms with Crippen LogP contribution in [-0.4, -0.2) is 59.7 Å². The predicted octanol–water partition coefficient (Wildman–Crippen LogP) is 5.51. The molecule has 0 aliphatic rings. The predicted molar refractivity (Wildman–Crippen MR) is 131 cm³/mol. The zero-order valence-electron chi connectivity index (χ0n) is 20.3. The van der Waals surface area contributed by atoms with E-state index in [1.165, 1.54) is 25.2 Å². The maximum absolute atomic E-state index is 15.0. The van der Waals surface area contributed by atoms with Crippen LogP contribution >= 0.6 is 11.6 Å². The number of benzene rings is 2. The third-order valence-electron chi connectivity index (χ3n) is 5.32. The average Bonchev–Trinajstić information content (AvgIpc) is 2.86. The molecule has 38 heavy (non-hydrogen) atoms. The molecule has 0 radical (unpaired) electrons. The van der Waals surface area contributed by atoms with Crippen LogP contribution in [0, 0.1) is 11.6 Å². The average molecular weight is 561 g/mol. The van der Waals surface area contributed by atoms with Crippen molar-refractivity contribution in [1.29, 1.82) is 0 Å². The van der Waals surface area contributed by atoms with Crippen molar-refractivity contribution >= 4 is 40.3 Å². The Bertz CT molecular complexity index is 1340. The first-order valence-corrected chi connectivity index (χ1v) is 11.4. The van der Waals surface area contributed by atoms with Gasteiger partial charge < -0.3 is 14.6 Å². The zero-order valence-corrected chi connectivity index (χ0v) is 21.0. The molecule has 0 spiro atoms. The summed E-state index contributed by atoms with van der Waals surface area (Å²) >= 11 is 6.01. The highest BCUT2D eigenvalue weighted by Crippen LogP contribution is 2.42. The molecule has 3 rings (SSSR count). The molecule has 0 aliphatic carbocycles. The molecule has 0 saturated heterocycles. The highest BCUT2D eigenvalue weighted by Gasteiger charge is 2.38. The number of aliphatic hydroxyl groups is 1. The van der Waals surface area contributed by atoms with E-state index in [0.29, 0.717) is 6.41 Å². The lowest BCUT2D eigenvalue weighted by Gasteiger charge is -2.23. The van der Waals surface area contributed by atoms with Gasteiger partial charge in [0.15, 0.2) is 23.5 Å². The summed E-state index contributed by atoms with van der Waals surface area (Å²) in [5.74, 6) is -3.38. The van der Waals surface area contributed by atoms with E-state index in [0.717, 1.165) is 35.2 Å². The summed E-state index contributed by atoms with van der Waals surface area (Å²) in [7, 11) is 1.36. The van der Waals surface area contributed by atoms with Crippen molar-refractivity contribution in [2.45, 2.75) is 26.1 Å². The molecule has 14 heteroatoms. The second kappa shape index (κ2) is 11.8. The number of likely N-dealkylation sites (N-methyl/N-ethyl adjacent to an activating group) is 1. The SMILES string of the molecule is CCN(C=O)/C(CO)=N\N(C)c1cc(OC(C)C(F)(F)F)c2c(Oc3c(F)cccc3Cl)ncc(F)c2c1. The third kappa shape index (κ3) is 6.22. The third-order valence-corrected chi connectivity index (χ3v) is 5.61. The Kier molecular flexibility index (Phi) is 8.94. The normalized spacial score (nSPS) is 12.8. The van der Waals surface area contributed by atoms with Crippen LogP contribution in [0.25, 0.3) is 10.8 Å². The quantitative estimate of drug-likeness (QED) is 0.122. The van der Waals surface area contributed by atoms with E-state index < -0.39 is 47.9 Å². The molecular formula is C24H22ClF5N4O4. The van der Waals surface area contributed by atoms with Crippen LogP contribution in [0.3, 0.4) is 0 Å². The van der Waals surface area contributed by atoms with Gasteiger partial charge in [0.05, 0.1) is 22.3 Å². The van der Waals surface area contributed by atoms with Crippen LogP contribution in [0.5, 0.6) is 17.4 Å². The number of anilines is 1. The van der Waals surface area contributed by atoms with Gasteiger partial charge in [-0.1, -0.05) is 17.7 Å². The molecule has 1 atom stereocenters. The Labute approximate surface area is 218 Å². The number of amides is 1. The number of rotatable bonds is 9. The molecule has 0 fully saturated rings. The molecule has 204 valence electrons. The number of fused-ring (bicyclic) bond motifs is 1. The first kappa shape index (κ1) is 28.9. The molecule has 1 N–H and O–H groups in total. The Morgan fingerprint density at radius 1 is 1.26 bits per heavy atom. The number of pyridine rings is 1. The summed E-state index contributed by atoms with van der Waals surface area (Å²) in [6.45, 7) is 1.91. The van der Waals surface area contributed by atoms with Gasteiger partial charge in [0, 0.05) is 25.0 Å². The minimum absolute atomic E-state index is 0.0229. The van der Waals surface area contributed by atoms with Gasteiger partial charge in [0.2, 0.25) is 12.3 Å². The van der Waals surface area contributed by atoms with Gasteiger partial charge in [-0.3, -0.25) is 14.7 Å². The largest absolute Gasteiger partial charge is 0.480 e. The molecule has 1 unspecified atom stereocenters. The van der Waals surface area contributed by atoms with Crippen LogP contribution in [0.4, 0.5) is 27.6 Å². The van der Waals surface area contributed by atoms with E-state index in [9.17, 15) is 31.9 Å². The van der Waals surface area contributed by atoms with Crippen molar-refractivity contribution in [2.75, 3.05) is 25.2 Å². The van der Waals surface area contributed by atoms with Gasteiger partial charge in [-0.05, 0) is 32.0 Å². The number of para-hydroxylation sites is 1. The van der Waals surface area contributed by atoms with Crippen molar-refractivity contribution in [1.82, 2.24) is 9.88 Å². The van der Waals surface area contributed by atoms with Gasteiger partial charge in [0.1, 0.15) is 18.2 Å². The van der Waals surface area contributed by atoms with Crippen LogP contribution in [-0.2, 0) is 4.79 Å². The number of halogens is 6. The summed E-state index contributed by atoms with van der Waals surface area (Å²) < 4.78 is 80.2. The number of hydrogen-bond donors (Lipinski definition) is 1. The topological polar surface area (TPSA) is 87.5 Å². The maximum atomic E-state index is 15.0. The fraction of sp³-hybridized carbons (Fsp3) is 0.292. The number of nitrogens with zero attached hydrogens (tertiary/aromatic N) is 4. The molecule has 1 amide bonds. The Balaban J connectivity index is 2.24. The fourth-order valence-corrected chi connectivity index (χ4v) is 3.48. The molecule has 3 aromatic rings. The summed E-state index contributed by atoms with van der Waals surface area (Å²) in [6.07, 6.45) is -5.97. The zero-order chi connectivity index (χ0) is 28.2. The van der Waals surface area contributed by atoms with Crippen molar-refractivity contribution in [3.05, 3.63) is 53.2 Å². The lowest BCUT2D eigenvalue weighted by molar-refractivity contribution is -0.189. The lowest BCUT2D eigenvalue weighted by atomic mass is 10.1. The van der Waals surface area contributed by atoms with Gasteiger partial charge in [0.25, 0.3) is 0 Å². The highest BCUT2D eigenvalue weighted by atomic mass is 35.5. The molecule has 0 aliphatic heterocycles. The Morgan fingerprint density at radius 3 is 2.55 bits per heavy atom. The number of carbonyl (C=O) groups excluding carboxylic acids is 1. The van der Waals surface area contributed by atoms with E-state index >= 15 is 0 Å². The van der Waals surface area contributed by atoms with Crippen molar-refractivity contribution < 1.29 is 41.3 Å². The van der Waals surface area contributed by atoms with E-state index in [2.05, 4.69) is 10.1 Å². The van der Waals surface area contributed by atoms with Crippen LogP contribution < -0.4 is 14.5 Å². The molecule has 2 aromatic carbocycles. The molecule has 1 heterocycles. The van der Waals surface area contributed by atoms with E-state index in [1.807, 2.05) is 0 Å². The van der Waals surface area contributed by atoms with Crippen LogP contribution in [0.1, 0.15) is 13.8 Å². The second-order valence-corrected chi connectivity index (χ2v) is 8.23. The van der Waals surface area contributed by atoms with Crippen molar-refractivity contribution in [2.24, 2.45) is 5.10 Å². The van der Waals surface area contributed by atoms with Gasteiger partial charge in [-0.15, -0.1) is 0 Å². The fourth-order valence-electron chi connectivity index (χ4n) is 3.28. The summed E-state index contributed by atoms with van der Waals surface area (Å²) in [6, 6.07) is 5.99. The van der Waals surface area contributed by atoms with E-state index in [-0.39, 0.29) is 33.9 Å². The number of ether oxygens (including phenoxy) is 2. The molecule has 0 saturated carbocycles. The number of hydrazone groups is 1. The van der Waals surface area contributed by atoms with E-state index in [1.54, 1.807) is 6.92 Å². The summed E-state index contributed by atoms with van der Waals surface area (Å²) in [4.78, 5) is 16.1. The molecule has 1 aromatic heterocycles. The van der Waals surface area contributed by atoms with E-state index in [4.69, 9.17) is 21.1 Å². The molecule has 8 nitrogen and oxygen atoms in total. The van der Waals surface area contributed by atoms with Gasteiger partial charge >= 0.3 is 6.18 Å². The smallest absolute Gasteiger partial charge is 0.425 e. The van der Waals surface area contributed by atoms with Gasteiger partial charge in [-0.25, -0.2) is 13.8 Å². The number of aliphatic hydroxyl groups excluding tert-OH is 1. The minimum Gasteiger partial charge on any atom is -0.480 e. The van der Waals surface area contributed by atoms with Gasteiger partial charge in [-0.2, -0.15) is 18.3 Å². The number of carbonyl (C=O) groups is 1. The standard InChI is InChI=1S/C24H22ClF5N4O4/c1-4-34(12-36)20(11-35)32-33(3)14-8-15-18(27)10-31-23(38-22-16(25)6-5-7-17(22)26)21(15)19(9-14)37-13(2)24(28,29)30/h5-10,12-13,35H,4,11H2,1-3H3/b32-20-. The number of alkyl halides is 3. The Morgan fingerprint density at radius 2 is 1.97 bits per heavy atom. The van der Waals surface area contributed by atoms with Crippen molar-refractivity contribution in [3.63, 3.8) is 0 Å². The lowest BCUT2D eigenvalue weighted by Crippen LogP contribution is -2.34. The maximum Gasteiger partial charge on any atom is 0.425 e. The second-order valence-electron chi connectivity index (χ2n) is 7.82. The first-order chi connectivity index (χ1) is 17.9. The van der Waals surface area contributed by atoms with Crippen LogP contribution in [0.15, 0.2) is 41.6 Å². The number of amidine groups is 1. The Hall–Kier alpha value is -3.71. The summed E-state index contributed by atoms with van der Waals surface area (Å²) in [5, 5.41) is 14.1. The van der Waals surface area contributed by atoms with Crippen molar-refractivity contribution in [3.8, 4) is 17.4 Å². The van der Waals surface area contributed by atoms with Crippen LogP contribution in [0.2, 0.25) is 5.02 Å². The first-order valence-electron chi connectivity index (χ1n) is 11.0. The highest BCUT2D eigenvalue weighted by molar-refractivity contribution is 6.32. The minimum atomic E-state index is -4.79. The number of hydrogen-bond acceptors (Lipinski definition) is 7. The number of aromatic nitrogens is 1. The summed E-state index contributed by atoms with van der Waals surface area (Å²) in [5.41, 5.74) is 0.0229. The molecule has 0 bridgehead atoms. The molecular weight excluding hydrogens is 539 g/mol.